The van der Waals surface area contributed by atoms with Crippen LogP contribution >= 0.6 is 0 Å². The van der Waals surface area contributed by atoms with Gasteiger partial charge in [0.25, 0.3) is 0 Å². The molecule has 2 rings (SSSR count). The van der Waals surface area contributed by atoms with Gasteiger partial charge in [-0.25, -0.2) is 4.98 Å². The number of pyridine rings is 1. The van der Waals surface area contributed by atoms with Crippen molar-refractivity contribution in [2.75, 3.05) is 11.1 Å². The quantitative estimate of drug-likeness (QED) is 0.673. The molecule has 5 heteroatoms. The molecule has 4 N–H and O–H groups in total. The van der Waals surface area contributed by atoms with Gasteiger partial charge in [-0.1, -0.05) is 0 Å². The zero-order chi connectivity index (χ0) is 9.80. The lowest BCUT2D eigenvalue weighted by atomic mass is 10.4. The number of hydrogen-bond acceptors (Lipinski definition) is 4. The molecule has 2 aromatic heterocycles. The molecule has 0 saturated carbocycles. The van der Waals surface area contributed by atoms with E-state index in [4.69, 9.17) is 5.73 Å². The molecule has 0 amide bonds. The minimum atomic E-state index is 0.664. The first-order chi connectivity index (χ1) is 6.84. The van der Waals surface area contributed by atoms with E-state index in [9.17, 15) is 0 Å². The Kier molecular flexibility index (Phi) is 2.31. The van der Waals surface area contributed by atoms with Crippen molar-refractivity contribution in [3.63, 3.8) is 0 Å². The maximum atomic E-state index is 5.51. The molecule has 0 bridgehead atoms. The summed E-state index contributed by atoms with van der Waals surface area (Å²) in [6.45, 7) is 0.677. The third kappa shape index (κ3) is 2.01. The molecule has 72 valence electrons. The van der Waals surface area contributed by atoms with Crippen molar-refractivity contribution in [2.24, 2.45) is 0 Å². The van der Waals surface area contributed by atoms with Crippen molar-refractivity contribution in [1.29, 1.82) is 0 Å². The van der Waals surface area contributed by atoms with E-state index < -0.39 is 0 Å². The minimum absolute atomic E-state index is 0.664. The van der Waals surface area contributed by atoms with Crippen LogP contribution < -0.4 is 11.1 Å². The first-order valence-corrected chi connectivity index (χ1v) is 4.28. The van der Waals surface area contributed by atoms with Crippen molar-refractivity contribution >= 4 is 11.5 Å². The largest absolute Gasteiger partial charge is 0.397 e. The fourth-order valence-electron chi connectivity index (χ4n) is 1.08. The summed E-state index contributed by atoms with van der Waals surface area (Å²) in [5.41, 5.74) is 7.19. The van der Waals surface area contributed by atoms with E-state index in [2.05, 4.69) is 20.5 Å². The Morgan fingerprint density at radius 3 is 2.93 bits per heavy atom. The second-order valence-corrected chi connectivity index (χ2v) is 2.91. The lowest BCUT2D eigenvalue weighted by Crippen LogP contribution is -2.01. The van der Waals surface area contributed by atoms with Crippen LogP contribution in [0.2, 0.25) is 0 Å². The predicted octanol–water partition coefficient (Wildman–Crippen LogP) is 0.999. The Morgan fingerprint density at radius 2 is 2.29 bits per heavy atom. The Labute approximate surface area is 81.4 Å². The normalized spacial score (nSPS) is 10.0. The predicted molar refractivity (Wildman–Crippen MR) is 54.6 cm³/mol. The number of nitrogens with one attached hydrogen (secondary N) is 2. The molecule has 0 saturated heterocycles. The van der Waals surface area contributed by atoms with E-state index in [1.807, 2.05) is 18.2 Å². The van der Waals surface area contributed by atoms with E-state index in [1.165, 1.54) is 0 Å². The molecule has 0 spiro atoms. The van der Waals surface area contributed by atoms with E-state index >= 15 is 0 Å². The number of aromatic amines is 1. The number of anilines is 2. The number of rotatable bonds is 3. The summed E-state index contributed by atoms with van der Waals surface area (Å²) in [5.74, 6) is 0.800. The number of nitrogen functional groups attached to an aromatic ring is 1. The fourth-order valence-corrected chi connectivity index (χ4v) is 1.08. The molecule has 0 aromatic carbocycles. The Balaban J connectivity index is 1.95. The number of H-pyrrole nitrogens is 1. The molecule has 0 aliphatic heterocycles. The summed E-state index contributed by atoms with van der Waals surface area (Å²) in [5, 5.41) is 9.83. The van der Waals surface area contributed by atoms with Gasteiger partial charge in [0.15, 0.2) is 0 Å². The van der Waals surface area contributed by atoms with Crippen LogP contribution in [0.1, 0.15) is 5.69 Å². The SMILES string of the molecule is Nc1ccc(NCc2ccn[nH]2)nc1. The van der Waals surface area contributed by atoms with Crippen LogP contribution in [0.3, 0.4) is 0 Å². The molecule has 0 aliphatic rings. The highest BCUT2D eigenvalue weighted by atomic mass is 15.1. The van der Waals surface area contributed by atoms with Crippen LogP contribution in [0.25, 0.3) is 0 Å². The van der Waals surface area contributed by atoms with Crippen molar-refractivity contribution in [2.45, 2.75) is 6.54 Å². The molecular formula is C9H11N5. The van der Waals surface area contributed by atoms with Crippen LogP contribution in [-0.2, 0) is 6.54 Å². The van der Waals surface area contributed by atoms with Gasteiger partial charge in [0.05, 0.1) is 24.1 Å². The molecule has 2 aromatic rings. The third-order valence-electron chi connectivity index (χ3n) is 1.80. The monoisotopic (exact) mass is 189 g/mol. The first-order valence-electron chi connectivity index (χ1n) is 4.28. The maximum absolute atomic E-state index is 5.51. The standard InChI is InChI=1S/C9H11N5/c10-7-1-2-9(11-5-7)12-6-8-3-4-13-14-8/h1-5H,6,10H2,(H,11,12)(H,13,14). The molecule has 5 nitrogen and oxygen atoms in total. The van der Waals surface area contributed by atoms with Gasteiger partial charge < -0.3 is 11.1 Å². The zero-order valence-corrected chi connectivity index (χ0v) is 7.57. The summed E-state index contributed by atoms with van der Waals surface area (Å²) in [6, 6.07) is 5.55. The van der Waals surface area contributed by atoms with E-state index in [0.717, 1.165) is 11.5 Å². The van der Waals surface area contributed by atoms with Crippen molar-refractivity contribution in [1.82, 2.24) is 15.2 Å². The Hall–Kier alpha value is -2.04. The summed E-state index contributed by atoms with van der Waals surface area (Å²) >= 11 is 0. The highest BCUT2D eigenvalue weighted by molar-refractivity contribution is 5.43. The molecule has 0 fully saturated rings. The summed E-state index contributed by atoms with van der Waals surface area (Å²) in [4.78, 5) is 4.11. The number of nitrogens with two attached hydrogens (primary N) is 1. The van der Waals surface area contributed by atoms with Gasteiger partial charge >= 0.3 is 0 Å². The van der Waals surface area contributed by atoms with E-state index in [-0.39, 0.29) is 0 Å². The Morgan fingerprint density at radius 1 is 1.36 bits per heavy atom. The highest BCUT2D eigenvalue weighted by Gasteiger charge is 1.95. The topological polar surface area (TPSA) is 79.6 Å². The van der Waals surface area contributed by atoms with Crippen molar-refractivity contribution in [3.05, 3.63) is 36.3 Å². The number of aromatic nitrogens is 3. The summed E-state index contributed by atoms with van der Waals surface area (Å²) < 4.78 is 0. The zero-order valence-electron chi connectivity index (χ0n) is 7.57. The third-order valence-corrected chi connectivity index (χ3v) is 1.80. The van der Waals surface area contributed by atoms with Gasteiger partial charge in [0.2, 0.25) is 0 Å². The molecule has 14 heavy (non-hydrogen) atoms. The average molecular weight is 189 g/mol. The average Bonchev–Trinajstić information content (AvgIpc) is 2.70. The van der Waals surface area contributed by atoms with Gasteiger partial charge in [0.1, 0.15) is 5.82 Å². The number of nitrogens with zero attached hydrogens (tertiary/aromatic N) is 2. The molecule has 0 aliphatic carbocycles. The smallest absolute Gasteiger partial charge is 0.126 e. The van der Waals surface area contributed by atoms with Crippen molar-refractivity contribution in [3.8, 4) is 0 Å². The van der Waals surface area contributed by atoms with Crippen LogP contribution in [0.5, 0.6) is 0 Å². The van der Waals surface area contributed by atoms with Crippen molar-refractivity contribution < 1.29 is 0 Å². The first kappa shape index (κ1) is 8.55. The summed E-state index contributed by atoms with van der Waals surface area (Å²) in [7, 11) is 0. The van der Waals surface area contributed by atoms with E-state index in [1.54, 1.807) is 12.4 Å². The Bertz CT molecular complexity index is 378. The van der Waals surface area contributed by atoms with Gasteiger partial charge in [-0.15, -0.1) is 0 Å². The van der Waals surface area contributed by atoms with Crippen LogP contribution in [0.4, 0.5) is 11.5 Å². The molecule has 0 radical (unpaired) electrons. The maximum Gasteiger partial charge on any atom is 0.126 e. The molecule has 0 unspecified atom stereocenters. The fraction of sp³-hybridized carbons (Fsp3) is 0.111. The molecule has 2 heterocycles. The summed E-state index contributed by atoms with van der Waals surface area (Å²) in [6.07, 6.45) is 3.34. The van der Waals surface area contributed by atoms with Gasteiger partial charge in [0, 0.05) is 6.20 Å². The second-order valence-electron chi connectivity index (χ2n) is 2.91. The van der Waals surface area contributed by atoms with Gasteiger partial charge in [-0.05, 0) is 18.2 Å². The van der Waals surface area contributed by atoms with Gasteiger partial charge in [-0.2, -0.15) is 5.10 Å². The molecule has 0 atom stereocenters. The van der Waals surface area contributed by atoms with E-state index in [0.29, 0.717) is 12.2 Å². The number of hydrogen-bond donors (Lipinski definition) is 3. The second kappa shape index (κ2) is 3.78. The highest BCUT2D eigenvalue weighted by Crippen LogP contribution is 2.06. The lowest BCUT2D eigenvalue weighted by Gasteiger charge is -2.03. The van der Waals surface area contributed by atoms with Crippen LogP contribution in [0.15, 0.2) is 30.6 Å². The van der Waals surface area contributed by atoms with Crippen LogP contribution in [0, 0.1) is 0 Å². The molecular weight excluding hydrogens is 178 g/mol. The lowest BCUT2D eigenvalue weighted by molar-refractivity contribution is 0.975. The van der Waals surface area contributed by atoms with Crippen LogP contribution in [-0.4, -0.2) is 15.2 Å². The minimum Gasteiger partial charge on any atom is -0.397 e. The van der Waals surface area contributed by atoms with Gasteiger partial charge in [-0.3, -0.25) is 5.10 Å².